The van der Waals surface area contributed by atoms with E-state index in [0.29, 0.717) is 5.56 Å². The van der Waals surface area contributed by atoms with Gasteiger partial charge in [0, 0.05) is 11.8 Å². The van der Waals surface area contributed by atoms with E-state index in [1.807, 2.05) is 23.8 Å². The molecule has 0 radical (unpaired) electrons. The summed E-state index contributed by atoms with van der Waals surface area (Å²) in [6.45, 7) is 2.81. The van der Waals surface area contributed by atoms with E-state index in [2.05, 4.69) is 10.3 Å². The Kier molecular flexibility index (Phi) is 3.64. The summed E-state index contributed by atoms with van der Waals surface area (Å²) in [6, 6.07) is 3.65. The monoisotopic (exact) mass is 236 g/mol. The molecule has 2 nitrogen and oxygen atoms in total. The van der Waals surface area contributed by atoms with Gasteiger partial charge in [-0.15, -0.1) is 0 Å². The van der Waals surface area contributed by atoms with Crippen LogP contribution in [0.2, 0.25) is 0 Å². The maximum Gasteiger partial charge on any atom is 0.146 e. The van der Waals surface area contributed by atoms with Crippen LogP contribution < -0.4 is 5.32 Å². The normalized spacial score (nSPS) is 12.6. The van der Waals surface area contributed by atoms with Crippen LogP contribution in [0.25, 0.3) is 0 Å². The van der Waals surface area contributed by atoms with E-state index in [4.69, 9.17) is 0 Å². The molecule has 0 fully saturated rings. The fourth-order valence-electron chi connectivity index (χ4n) is 1.67. The highest BCUT2D eigenvalue weighted by atomic mass is 32.1. The number of halogens is 1. The van der Waals surface area contributed by atoms with Crippen LogP contribution >= 0.6 is 11.3 Å². The van der Waals surface area contributed by atoms with Crippen LogP contribution in [0.3, 0.4) is 0 Å². The average Bonchev–Trinajstić information content (AvgIpc) is 2.80. The third kappa shape index (κ3) is 2.28. The van der Waals surface area contributed by atoms with Crippen molar-refractivity contribution < 1.29 is 4.39 Å². The summed E-state index contributed by atoms with van der Waals surface area (Å²) in [5, 5.41) is 7.31. The average molecular weight is 236 g/mol. The maximum absolute atomic E-state index is 13.7. The van der Waals surface area contributed by atoms with Gasteiger partial charge in [0.15, 0.2) is 0 Å². The van der Waals surface area contributed by atoms with Crippen molar-refractivity contribution in [1.82, 2.24) is 10.3 Å². The molecule has 2 aromatic rings. The fraction of sp³-hybridized carbons (Fsp3) is 0.250. The molecule has 0 aliphatic rings. The van der Waals surface area contributed by atoms with E-state index in [1.54, 1.807) is 23.6 Å². The summed E-state index contributed by atoms with van der Waals surface area (Å²) in [7, 11) is 0. The quantitative estimate of drug-likeness (QED) is 0.882. The van der Waals surface area contributed by atoms with Crippen LogP contribution in [0.15, 0.2) is 35.3 Å². The first-order valence-corrected chi connectivity index (χ1v) is 6.12. The highest BCUT2D eigenvalue weighted by Crippen LogP contribution is 2.25. The minimum atomic E-state index is -0.264. The number of aromatic nitrogens is 1. The summed E-state index contributed by atoms with van der Waals surface area (Å²) >= 11 is 1.62. The smallest absolute Gasteiger partial charge is 0.146 e. The Balaban J connectivity index is 2.37. The van der Waals surface area contributed by atoms with Crippen LogP contribution in [0.4, 0.5) is 4.39 Å². The molecule has 0 aliphatic carbocycles. The van der Waals surface area contributed by atoms with Gasteiger partial charge in [0.1, 0.15) is 5.82 Å². The Bertz CT molecular complexity index is 442. The molecule has 1 atom stereocenters. The lowest BCUT2D eigenvalue weighted by atomic mass is 10.0. The molecule has 84 valence electrons. The molecule has 1 N–H and O–H groups in total. The predicted octanol–water partition coefficient (Wildman–Crippen LogP) is 2.98. The van der Waals surface area contributed by atoms with Crippen molar-refractivity contribution in [3.05, 3.63) is 52.2 Å². The van der Waals surface area contributed by atoms with Crippen molar-refractivity contribution in [2.45, 2.75) is 13.0 Å². The molecule has 2 rings (SSSR count). The van der Waals surface area contributed by atoms with Crippen molar-refractivity contribution >= 4 is 11.3 Å². The fourth-order valence-corrected chi connectivity index (χ4v) is 2.36. The Labute approximate surface area is 98.2 Å². The molecular formula is C12H13FN2S. The number of rotatable bonds is 4. The number of hydrogen-bond donors (Lipinski definition) is 1. The van der Waals surface area contributed by atoms with Gasteiger partial charge >= 0.3 is 0 Å². The number of nitrogens with one attached hydrogen (secondary N) is 1. The predicted molar refractivity (Wildman–Crippen MR) is 64.0 cm³/mol. The van der Waals surface area contributed by atoms with Gasteiger partial charge in [-0.3, -0.25) is 4.98 Å². The second-order valence-electron chi connectivity index (χ2n) is 3.44. The van der Waals surface area contributed by atoms with Crippen LogP contribution in [0, 0.1) is 5.82 Å². The minimum Gasteiger partial charge on any atom is -0.306 e. The van der Waals surface area contributed by atoms with Gasteiger partial charge in [-0.1, -0.05) is 6.92 Å². The molecular weight excluding hydrogens is 223 g/mol. The van der Waals surface area contributed by atoms with E-state index in [0.717, 1.165) is 12.1 Å². The molecule has 0 spiro atoms. The Morgan fingerprint density at radius 1 is 1.50 bits per heavy atom. The van der Waals surface area contributed by atoms with Crippen molar-refractivity contribution in [3.63, 3.8) is 0 Å². The number of nitrogens with zero attached hydrogens (tertiary/aromatic N) is 1. The zero-order valence-corrected chi connectivity index (χ0v) is 9.80. The lowest BCUT2D eigenvalue weighted by Gasteiger charge is -2.17. The Hall–Kier alpha value is -1.26. The molecule has 0 aromatic carbocycles. The van der Waals surface area contributed by atoms with Crippen molar-refractivity contribution in [2.75, 3.05) is 6.54 Å². The van der Waals surface area contributed by atoms with Crippen LogP contribution in [-0.4, -0.2) is 11.5 Å². The van der Waals surface area contributed by atoms with Gasteiger partial charge in [-0.2, -0.15) is 11.3 Å². The van der Waals surface area contributed by atoms with Crippen molar-refractivity contribution in [3.8, 4) is 0 Å². The molecule has 4 heteroatoms. The third-order valence-corrected chi connectivity index (χ3v) is 3.10. The highest BCUT2D eigenvalue weighted by Gasteiger charge is 2.16. The lowest BCUT2D eigenvalue weighted by Crippen LogP contribution is -2.22. The Morgan fingerprint density at radius 2 is 2.38 bits per heavy atom. The molecule has 0 saturated heterocycles. The standard InChI is InChI=1S/C12H13FN2S/c1-2-15-12(9-4-6-16-8-9)10-3-5-14-7-11(10)13/h3-8,12,15H,2H2,1H3. The summed E-state index contributed by atoms with van der Waals surface area (Å²) in [6.07, 6.45) is 2.88. The van der Waals surface area contributed by atoms with Gasteiger partial charge in [-0.25, -0.2) is 4.39 Å². The molecule has 16 heavy (non-hydrogen) atoms. The van der Waals surface area contributed by atoms with Crippen molar-refractivity contribution in [1.29, 1.82) is 0 Å². The lowest BCUT2D eigenvalue weighted by molar-refractivity contribution is 0.555. The minimum absolute atomic E-state index is 0.0840. The highest BCUT2D eigenvalue weighted by molar-refractivity contribution is 7.08. The molecule has 2 heterocycles. The van der Waals surface area contributed by atoms with E-state index in [-0.39, 0.29) is 11.9 Å². The van der Waals surface area contributed by atoms with Crippen molar-refractivity contribution in [2.24, 2.45) is 0 Å². The summed E-state index contributed by atoms with van der Waals surface area (Å²) in [4.78, 5) is 3.77. The molecule has 0 aliphatic heterocycles. The largest absolute Gasteiger partial charge is 0.306 e. The summed E-state index contributed by atoms with van der Waals surface area (Å²) < 4.78 is 13.7. The van der Waals surface area contributed by atoms with E-state index >= 15 is 0 Å². The summed E-state index contributed by atoms with van der Waals surface area (Å²) in [5.41, 5.74) is 1.74. The number of pyridine rings is 1. The molecule has 2 aromatic heterocycles. The van der Waals surface area contributed by atoms with E-state index in [1.165, 1.54) is 6.20 Å². The second kappa shape index (κ2) is 5.18. The first-order chi connectivity index (χ1) is 7.83. The van der Waals surface area contributed by atoms with Gasteiger partial charge in [0.05, 0.1) is 12.2 Å². The first-order valence-electron chi connectivity index (χ1n) is 5.17. The van der Waals surface area contributed by atoms with Crippen LogP contribution in [-0.2, 0) is 0 Å². The van der Waals surface area contributed by atoms with Crippen LogP contribution in [0.5, 0.6) is 0 Å². The van der Waals surface area contributed by atoms with Gasteiger partial charge in [-0.05, 0) is 35.0 Å². The van der Waals surface area contributed by atoms with Crippen LogP contribution in [0.1, 0.15) is 24.1 Å². The zero-order valence-electron chi connectivity index (χ0n) is 8.98. The molecule has 0 bridgehead atoms. The summed E-state index contributed by atoms with van der Waals surface area (Å²) in [5.74, 6) is -0.264. The van der Waals surface area contributed by atoms with Gasteiger partial charge in [0.25, 0.3) is 0 Å². The van der Waals surface area contributed by atoms with E-state index in [9.17, 15) is 4.39 Å². The van der Waals surface area contributed by atoms with Gasteiger partial charge in [0.2, 0.25) is 0 Å². The maximum atomic E-state index is 13.7. The number of thiophene rings is 1. The van der Waals surface area contributed by atoms with Gasteiger partial charge < -0.3 is 5.32 Å². The second-order valence-corrected chi connectivity index (χ2v) is 4.22. The third-order valence-electron chi connectivity index (χ3n) is 2.40. The number of hydrogen-bond acceptors (Lipinski definition) is 3. The molecule has 0 amide bonds. The van der Waals surface area contributed by atoms with E-state index < -0.39 is 0 Å². The first kappa shape index (κ1) is 11.2. The molecule has 0 saturated carbocycles. The molecule has 1 unspecified atom stereocenters. The SMILES string of the molecule is CCNC(c1ccsc1)c1ccncc1F. The topological polar surface area (TPSA) is 24.9 Å². The Morgan fingerprint density at radius 3 is 3.00 bits per heavy atom. The zero-order chi connectivity index (χ0) is 11.4.